The molecule has 0 aromatic carbocycles. The molecule has 3 heteroatoms. The lowest BCUT2D eigenvalue weighted by Crippen LogP contribution is -2.62. The Kier molecular flexibility index (Phi) is 5.97. The summed E-state index contributed by atoms with van der Waals surface area (Å²) in [5, 5.41) is 22.1. The molecule has 0 aromatic rings. The highest BCUT2D eigenvalue weighted by Crippen LogP contribution is 2.69. The first-order valence-electron chi connectivity index (χ1n) is 12.6. The van der Waals surface area contributed by atoms with Crippen LogP contribution in [0.3, 0.4) is 0 Å². The molecule has 4 aliphatic carbocycles. The minimum Gasteiger partial charge on any atom is -0.393 e. The van der Waals surface area contributed by atoms with Gasteiger partial charge < -0.3 is 15.0 Å². The molecule has 0 bridgehead atoms. The fourth-order valence-electron chi connectivity index (χ4n) is 9.46. The summed E-state index contributed by atoms with van der Waals surface area (Å²) in [5.41, 5.74) is 0.604. The van der Waals surface area contributed by atoms with Crippen molar-refractivity contribution in [3.63, 3.8) is 0 Å². The van der Waals surface area contributed by atoms with Crippen molar-refractivity contribution in [2.45, 2.75) is 104 Å². The molecule has 0 heterocycles. The molecule has 29 heavy (non-hydrogen) atoms. The molecule has 166 valence electrons. The number of hydrogen-bond acceptors (Lipinski definition) is 3. The number of carbonyl (C=O) groups excluding carboxylic acids is 1. The van der Waals surface area contributed by atoms with Gasteiger partial charge in [-0.1, -0.05) is 34.1 Å². The van der Waals surface area contributed by atoms with Gasteiger partial charge in [0.2, 0.25) is 0 Å². The molecule has 0 saturated heterocycles. The summed E-state index contributed by atoms with van der Waals surface area (Å²) in [4.78, 5) is 10.9. The second-order valence-electron chi connectivity index (χ2n) is 11.8. The largest absolute Gasteiger partial charge is 0.393 e. The van der Waals surface area contributed by atoms with E-state index in [0.29, 0.717) is 53.3 Å². The third kappa shape index (κ3) is 3.25. The van der Waals surface area contributed by atoms with Gasteiger partial charge in [0, 0.05) is 6.42 Å². The topological polar surface area (TPSA) is 57.5 Å². The maximum atomic E-state index is 11.7. The Morgan fingerprint density at radius 2 is 1.69 bits per heavy atom. The van der Waals surface area contributed by atoms with Gasteiger partial charge in [-0.25, -0.2) is 0 Å². The van der Waals surface area contributed by atoms with Crippen molar-refractivity contribution < 1.29 is 15.0 Å². The molecule has 4 fully saturated rings. The Hall–Kier alpha value is -0.410. The fraction of sp³-hybridized carbons (Fsp3) is 0.962. The van der Waals surface area contributed by atoms with Crippen molar-refractivity contribution >= 4 is 6.29 Å². The fourth-order valence-corrected chi connectivity index (χ4v) is 9.46. The molecule has 3 nitrogen and oxygen atoms in total. The number of aldehydes is 1. The molecule has 4 rings (SSSR count). The number of rotatable bonds is 5. The zero-order valence-corrected chi connectivity index (χ0v) is 19.1. The van der Waals surface area contributed by atoms with E-state index in [1.165, 1.54) is 25.7 Å². The monoisotopic (exact) mass is 404 g/mol. The third-order valence-electron chi connectivity index (χ3n) is 10.9. The van der Waals surface area contributed by atoms with E-state index >= 15 is 0 Å². The van der Waals surface area contributed by atoms with Crippen LogP contribution >= 0.6 is 0 Å². The summed E-state index contributed by atoms with van der Waals surface area (Å²) in [6.45, 7) is 9.64. The quantitative estimate of drug-likeness (QED) is 0.617. The van der Waals surface area contributed by atoms with Crippen molar-refractivity contribution in [3.8, 4) is 0 Å². The van der Waals surface area contributed by atoms with Crippen molar-refractivity contribution in [2.75, 3.05) is 0 Å². The molecule has 0 radical (unpaired) electrons. The van der Waals surface area contributed by atoms with E-state index in [0.717, 1.165) is 38.4 Å². The van der Waals surface area contributed by atoms with Crippen molar-refractivity contribution in [1.82, 2.24) is 0 Å². The highest BCUT2D eigenvalue weighted by Gasteiger charge is 2.64. The number of aliphatic hydroxyl groups excluding tert-OH is 2. The van der Waals surface area contributed by atoms with Gasteiger partial charge in [-0.3, -0.25) is 0 Å². The average Bonchev–Trinajstić information content (AvgIpc) is 3.05. The van der Waals surface area contributed by atoms with Crippen LogP contribution in [0.2, 0.25) is 0 Å². The lowest BCUT2D eigenvalue weighted by atomic mass is 9.41. The van der Waals surface area contributed by atoms with Gasteiger partial charge >= 0.3 is 0 Å². The Balaban J connectivity index is 1.64. The first-order chi connectivity index (χ1) is 13.8. The second-order valence-corrected chi connectivity index (χ2v) is 11.8. The Morgan fingerprint density at radius 3 is 2.38 bits per heavy atom. The minimum atomic E-state index is -0.206. The van der Waals surface area contributed by atoms with E-state index < -0.39 is 0 Å². The molecule has 4 aliphatic rings. The maximum absolute atomic E-state index is 11.7. The van der Waals surface area contributed by atoms with E-state index in [-0.39, 0.29) is 17.6 Å². The molecule has 0 spiro atoms. The van der Waals surface area contributed by atoms with Crippen molar-refractivity contribution in [1.29, 1.82) is 0 Å². The van der Waals surface area contributed by atoms with E-state index in [1.807, 2.05) is 0 Å². The molecular formula is C26H44O3. The summed E-state index contributed by atoms with van der Waals surface area (Å²) in [5.74, 6) is 3.77. The third-order valence-corrected chi connectivity index (χ3v) is 10.9. The van der Waals surface area contributed by atoms with E-state index in [4.69, 9.17) is 0 Å². The van der Waals surface area contributed by atoms with E-state index in [1.54, 1.807) is 0 Å². The standard InChI is InChI=1S/C26H44O3/c1-5-18-22-15-17(28)10-12-26(22,4)21-11-13-25(3)19(16(2)7-6-14-27)8-9-20(25)23(21)24(18)29/h14,16-24,28-29H,5-13,15H2,1-4H3/t16-,17+,18-,19-,20?,21?,22+,23?,24?,25-,26-/m1/s1. The molecule has 0 aliphatic heterocycles. The summed E-state index contributed by atoms with van der Waals surface area (Å²) in [6, 6.07) is 0. The normalized spacial score (nSPS) is 52.9. The zero-order chi connectivity index (χ0) is 21.0. The smallest absolute Gasteiger partial charge is 0.120 e. The molecular weight excluding hydrogens is 360 g/mol. The summed E-state index contributed by atoms with van der Waals surface area (Å²) in [6.07, 6.45) is 11.4. The van der Waals surface area contributed by atoms with Gasteiger partial charge in [-0.15, -0.1) is 0 Å². The Morgan fingerprint density at radius 1 is 1.00 bits per heavy atom. The van der Waals surface area contributed by atoms with E-state index in [2.05, 4.69) is 27.7 Å². The molecule has 0 aromatic heterocycles. The SMILES string of the molecule is CC[C@H]1C(O)C2C3CC[C@H]([C@H](C)CCC=O)[C@@]3(C)CCC2[C@@]2(C)CC[C@H](O)C[C@@H]12. The molecule has 4 saturated carbocycles. The van der Waals surface area contributed by atoms with Crippen LogP contribution in [0.4, 0.5) is 0 Å². The predicted octanol–water partition coefficient (Wildman–Crippen LogP) is 5.23. The lowest BCUT2D eigenvalue weighted by molar-refractivity contribution is -0.203. The zero-order valence-electron chi connectivity index (χ0n) is 19.1. The number of fused-ring (bicyclic) bond motifs is 5. The van der Waals surface area contributed by atoms with Crippen LogP contribution in [0, 0.1) is 52.3 Å². The predicted molar refractivity (Wildman–Crippen MR) is 116 cm³/mol. The van der Waals surface area contributed by atoms with Gasteiger partial charge in [0.1, 0.15) is 6.29 Å². The first-order valence-corrected chi connectivity index (χ1v) is 12.6. The lowest BCUT2D eigenvalue weighted by Gasteiger charge is -2.64. The molecule has 11 atom stereocenters. The van der Waals surface area contributed by atoms with Gasteiger partial charge in [-0.2, -0.15) is 0 Å². The molecule has 2 N–H and O–H groups in total. The Labute approximate surface area is 178 Å². The summed E-state index contributed by atoms with van der Waals surface area (Å²) < 4.78 is 0. The average molecular weight is 405 g/mol. The highest BCUT2D eigenvalue weighted by atomic mass is 16.3. The number of aliphatic hydroxyl groups is 2. The van der Waals surface area contributed by atoms with Crippen LogP contribution in [-0.2, 0) is 4.79 Å². The van der Waals surface area contributed by atoms with Gasteiger partial charge in [0.15, 0.2) is 0 Å². The van der Waals surface area contributed by atoms with Gasteiger partial charge in [0.05, 0.1) is 12.2 Å². The minimum absolute atomic E-state index is 0.172. The van der Waals surface area contributed by atoms with Crippen LogP contribution in [0.15, 0.2) is 0 Å². The van der Waals surface area contributed by atoms with Crippen molar-refractivity contribution in [3.05, 3.63) is 0 Å². The van der Waals surface area contributed by atoms with Crippen LogP contribution in [0.1, 0.15) is 91.9 Å². The maximum Gasteiger partial charge on any atom is 0.120 e. The molecule has 0 amide bonds. The number of carbonyl (C=O) groups is 1. The summed E-state index contributed by atoms with van der Waals surface area (Å²) in [7, 11) is 0. The highest BCUT2D eigenvalue weighted by molar-refractivity contribution is 5.49. The van der Waals surface area contributed by atoms with Gasteiger partial charge in [0.25, 0.3) is 0 Å². The second kappa shape index (κ2) is 7.93. The Bertz CT molecular complexity index is 605. The first kappa shape index (κ1) is 21.8. The van der Waals surface area contributed by atoms with Crippen LogP contribution in [-0.4, -0.2) is 28.7 Å². The number of hydrogen-bond donors (Lipinski definition) is 2. The summed E-state index contributed by atoms with van der Waals surface area (Å²) >= 11 is 0. The van der Waals surface area contributed by atoms with E-state index in [9.17, 15) is 15.0 Å². The molecule has 4 unspecified atom stereocenters. The van der Waals surface area contributed by atoms with Gasteiger partial charge in [-0.05, 0) is 104 Å². The van der Waals surface area contributed by atoms with Crippen LogP contribution in [0.5, 0.6) is 0 Å². The van der Waals surface area contributed by atoms with Crippen molar-refractivity contribution in [2.24, 2.45) is 52.3 Å². The van der Waals surface area contributed by atoms with Crippen LogP contribution < -0.4 is 0 Å². The van der Waals surface area contributed by atoms with Crippen LogP contribution in [0.25, 0.3) is 0 Å².